The molecule has 3 saturated heterocycles. The van der Waals surface area contributed by atoms with Gasteiger partial charge in [-0.1, -0.05) is 6.42 Å². The summed E-state index contributed by atoms with van der Waals surface area (Å²) in [4.78, 5) is 72.4. The summed E-state index contributed by atoms with van der Waals surface area (Å²) in [5, 5.41) is 26.8. The lowest BCUT2D eigenvalue weighted by Crippen LogP contribution is -2.56. The fourth-order valence-corrected chi connectivity index (χ4v) is 6.43. The van der Waals surface area contributed by atoms with Crippen LogP contribution < -0.4 is 16.0 Å². The van der Waals surface area contributed by atoms with E-state index in [2.05, 4.69) is 16.0 Å². The maximum atomic E-state index is 13.3. The van der Waals surface area contributed by atoms with Crippen LogP contribution in [0.25, 0.3) is 0 Å². The van der Waals surface area contributed by atoms with Crippen LogP contribution in [0.4, 0.5) is 4.79 Å². The van der Waals surface area contributed by atoms with Crippen LogP contribution in [-0.2, 0) is 24.0 Å². The van der Waals surface area contributed by atoms with Gasteiger partial charge >= 0.3 is 18.0 Å². The van der Waals surface area contributed by atoms with Crippen molar-refractivity contribution in [1.82, 2.24) is 20.9 Å². The number of amides is 5. The Kier molecular flexibility index (Phi) is 8.39. The number of carboxylic acids is 2. The second-order valence-electron chi connectivity index (χ2n) is 8.77. The van der Waals surface area contributed by atoms with E-state index in [1.54, 1.807) is 0 Å². The van der Waals surface area contributed by atoms with Gasteiger partial charge in [0.15, 0.2) is 0 Å². The van der Waals surface area contributed by atoms with Gasteiger partial charge in [-0.05, 0) is 32.1 Å². The number of nitrogens with zero attached hydrogens (tertiary/aromatic N) is 1. The van der Waals surface area contributed by atoms with Crippen LogP contribution in [0.3, 0.4) is 0 Å². The molecule has 0 aromatic heterocycles. The largest absolute Gasteiger partial charge is 0.481 e. The lowest BCUT2D eigenvalue weighted by atomic mass is 9.88. The second kappa shape index (κ2) is 11.1. The summed E-state index contributed by atoms with van der Waals surface area (Å²) in [6.07, 6.45) is 2.36. The number of carboxylic acid groups (broad SMARTS) is 2. The number of likely N-dealkylation sites (tertiary alicyclic amines) is 1. The average Bonchev–Trinajstić information content (AvgIpc) is 3.41. The van der Waals surface area contributed by atoms with E-state index in [0.29, 0.717) is 31.6 Å². The SMILES string of the molecule is O=C(O)CCCCCNC(=O)[C@@]1(CCCC(C(=O)O)N2C(=O)CCC2=O)SC[C@@H]2NC(=O)N[C@@H]21. The summed E-state index contributed by atoms with van der Waals surface area (Å²) in [5.74, 6) is -2.90. The van der Waals surface area contributed by atoms with E-state index in [9.17, 15) is 33.9 Å². The van der Waals surface area contributed by atoms with Gasteiger partial charge in [0.2, 0.25) is 17.7 Å². The maximum Gasteiger partial charge on any atom is 0.326 e. The highest BCUT2D eigenvalue weighted by Gasteiger charge is 2.57. The van der Waals surface area contributed by atoms with Gasteiger partial charge < -0.3 is 26.2 Å². The molecule has 0 bridgehead atoms. The van der Waals surface area contributed by atoms with E-state index in [0.717, 1.165) is 4.90 Å². The van der Waals surface area contributed by atoms with Crippen LogP contribution in [-0.4, -0.2) is 86.0 Å². The molecule has 12 nitrogen and oxygen atoms in total. The van der Waals surface area contributed by atoms with Gasteiger partial charge in [0.05, 0.1) is 12.1 Å². The van der Waals surface area contributed by atoms with Crippen molar-refractivity contribution in [1.29, 1.82) is 0 Å². The third kappa shape index (κ3) is 5.62. The first-order valence-electron chi connectivity index (χ1n) is 11.4. The smallest absolute Gasteiger partial charge is 0.326 e. The van der Waals surface area contributed by atoms with Gasteiger partial charge in [-0.15, -0.1) is 11.8 Å². The van der Waals surface area contributed by atoms with E-state index in [1.807, 2.05) is 0 Å². The summed E-state index contributed by atoms with van der Waals surface area (Å²) in [6.45, 7) is 0.355. The Hall–Kier alpha value is -2.83. The van der Waals surface area contributed by atoms with Crippen LogP contribution in [0.1, 0.15) is 57.8 Å². The first-order valence-corrected chi connectivity index (χ1v) is 12.4. The first kappa shape index (κ1) is 25.8. The fraction of sp³-hybridized carbons (Fsp3) is 0.714. The number of hydrogen-bond donors (Lipinski definition) is 5. The fourth-order valence-electron chi connectivity index (χ4n) is 4.78. The molecule has 1 unspecified atom stereocenters. The topological polar surface area (TPSA) is 182 Å². The molecule has 0 radical (unpaired) electrons. The monoisotopic (exact) mass is 498 g/mol. The molecule has 3 aliphatic rings. The molecule has 4 atom stereocenters. The minimum atomic E-state index is -1.28. The zero-order valence-electron chi connectivity index (χ0n) is 18.7. The lowest BCUT2D eigenvalue weighted by Gasteiger charge is -2.33. The highest BCUT2D eigenvalue weighted by Crippen LogP contribution is 2.44. The molecular weight excluding hydrogens is 468 g/mol. The molecule has 5 N–H and O–H groups in total. The molecule has 5 amide bonds. The van der Waals surface area contributed by atoms with Crippen molar-refractivity contribution in [3.63, 3.8) is 0 Å². The third-order valence-electron chi connectivity index (χ3n) is 6.48. The van der Waals surface area contributed by atoms with Gasteiger partial charge in [0.25, 0.3) is 0 Å². The van der Waals surface area contributed by atoms with Crippen LogP contribution >= 0.6 is 11.8 Å². The molecule has 0 aliphatic carbocycles. The molecule has 188 valence electrons. The zero-order valence-corrected chi connectivity index (χ0v) is 19.5. The Labute approximate surface area is 200 Å². The number of nitrogens with one attached hydrogen (secondary N) is 3. The van der Waals surface area contributed by atoms with Crippen molar-refractivity contribution in [2.45, 2.75) is 80.7 Å². The average molecular weight is 499 g/mol. The molecule has 0 aromatic carbocycles. The summed E-state index contributed by atoms with van der Waals surface area (Å²) >= 11 is 1.40. The van der Waals surface area contributed by atoms with Crippen LogP contribution in [0.5, 0.6) is 0 Å². The number of carbonyl (C=O) groups excluding carboxylic acids is 4. The molecule has 3 fully saturated rings. The van der Waals surface area contributed by atoms with Gasteiger partial charge in [-0.25, -0.2) is 9.59 Å². The summed E-state index contributed by atoms with van der Waals surface area (Å²) in [7, 11) is 0. The summed E-state index contributed by atoms with van der Waals surface area (Å²) < 4.78 is -1.02. The van der Waals surface area contributed by atoms with E-state index in [1.165, 1.54) is 11.8 Å². The highest BCUT2D eigenvalue weighted by molar-refractivity contribution is 8.01. The van der Waals surface area contributed by atoms with E-state index in [4.69, 9.17) is 5.11 Å². The Balaban J connectivity index is 1.63. The number of imide groups is 1. The molecule has 3 aliphatic heterocycles. The van der Waals surface area contributed by atoms with Crippen molar-refractivity contribution in [3.8, 4) is 0 Å². The van der Waals surface area contributed by atoms with Crippen molar-refractivity contribution in [2.24, 2.45) is 0 Å². The third-order valence-corrected chi connectivity index (χ3v) is 8.16. The second-order valence-corrected chi connectivity index (χ2v) is 10.1. The number of unbranched alkanes of at least 4 members (excludes halogenated alkanes) is 2. The number of rotatable bonds is 13. The Morgan fingerprint density at radius 2 is 1.76 bits per heavy atom. The van der Waals surface area contributed by atoms with Crippen LogP contribution in [0, 0.1) is 0 Å². The molecule has 0 saturated carbocycles. The quantitative estimate of drug-likeness (QED) is 0.133. The van der Waals surface area contributed by atoms with Crippen LogP contribution in [0.15, 0.2) is 0 Å². The van der Waals surface area contributed by atoms with E-state index >= 15 is 0 Å². The number of fused-ring (bicyclic) bond motifs is 1. The van der Waals surface area contributed by atoms with Gasteiger partial charge in [-0.2, -0.15) is 0 Å². The number of hydrogen-bond acceptors (Lipinski definition) is 7. The normalized spacial score (nSPS) is 26.7. The van der Waals surface area contributed by atoms with Gasteiger partial charge in [0, 0.05) is 31.6 Å². The predicted molar refractivity (Wildman–Crippen MR) is 120 cm³/mol. The standard InChI is InChI=1S/C21H30N4O8S/c26-14-7-8-15(27)25(14)13(18(30)31)5-4-9-21(17-12(11-34-21)23-20(33)24-17)19(32)22-10-3-1-2-6-16(28)29/h12-13,17H,1-11H2,(H,22,32)(H,28,29)(H,30,31)(H2,23,24,33)/t12-,13?,17-,21-/m0/s1. The number of urea groups is 1. The van der Waals surface area contributed by atoms with Crippen molar-refractivity contribution >= 4 is 47.5 Å². The van der Waals surface area contributed by atoms with Crippen molar-refractivity contribution < 1.29 is 39.0 Å². The van der Waals surface area contributed by atoms with Gasteiger partial charge in [-0.3, -0.25) is 24.1 Å². The number of aliphatic carboxylic acids is 2. The zero-order chi connectivity index (χ0) is 24.9. The minimum Gasteiger partial charge on any atom is -0.481 e. The van der Waals surface area contributed by atoms with Crippen LogP contribution in [0.2, 0.25) is 0 Å². The summed E-state index contributed by atoms with van der Waals surface area (Å²) in [5.41, 5.74) is 0. The van der Waals surface area contributed by atoms with Crippen molar-refractivity contribution in [3.05, 3.63) is 0 Å². The lowest BCUT2D eigenvalue weighted by molar-refractivity contribution is -0.154. The Morgan fingerprint density at radius 1 is 1.06 bits per heavy atom. The molecule has 3 rings (SSSR count). The maximum absolute atomic E-state index is 13.3. The number of carbonyl (C=O) groups is 6. The minimum absolute atomic E-state index is 0.00126. The number of thioether (sulfide) groups is 1. The molecule has 13 heteroatoms. The Bertz CT molecular complexity index is 852. The van der Waals surface area contributed by atoms with E-state index < -0.39 is 40.6 Å². The molecule has 34 heavy (non-hydrogen) atoms. The molecular formula is C21H30N4O8S. The van der Waals surface area contributed by atoms with E-state index in [-0.39, 0.29) is 56.5 Å². The molecule has 3 heterocycles. The molecule has 0 aromatic rings. The highest BCUT2D eigenvalue weighted by atomic mass is 32.2. The Morgan fingerprint density at radius 3 is 2.41 bits per heavy atom. The summed E-state index contributed by atoms with van der Waals surface area (Å²) in [6, 6.07) is -2.36. The van der Waals surface area contributed by atoms with Crippen molar-refractivity contribution in [2.75, 3.05) is 12.3 Å². The predicted octanol–water partition coefficient (Wildman–Crippen LogP) is 0.0557. The van der Waals surface area contributed by atoms with Gasteiger partial charge in [0.1, 0.15) is 10.8 Å². The molecule has 0 spiro atoms. The first-order chi connectivity index (χ1) is 16.2.